The van der Waals surface area contributed by atoms with Gasteiger partial charge in [-0.3, -0.25) is 14.5 Å². The topological polar surface area (TPSA) is 60.9 Å². The highest BCUT2D eigenvalue weighted by atomic mass is 16.4. The zero-order valence-corrected chi connectivity index (χ0v) is 9.84. The van der Waals surface area contributed by atoms with Crippen molar-refractivity contribution in [3.8, 4) is 0 Å². The first kappa shape index (κ1) is 11.0. The van der Waals surface area contributed by atoms with Crippen LogP contribution in [0.25, 0.3) is 0 Å². The van der Waals surface area contributed by atoms with Crippen molar-refractivity contribution >= 4 is 11.9 Å². The van der Waals surface area contributed by atoms with Crippen molar-refractivity contribution in [2.75, 3.05) is 26.2 Å². The minimum atomic E-state index is -0.817. The largest absolute Gasteiger partial charge is 0.481 e. The Bertz CT molecular complexity index is 358. The van der Waals surface area contributed by atoms with E-state index in [-0.39, 0.29) is 11.8 Å². The average molecular weight is 238 g/mol. The molecular formula is C12H18N2O3. The van der Waals surface area contributed by atoms with E-state index >= 15 is 0 Å². The standard InChI is InChI=1S/C12H18N2O3/c15-11(9-6-10(9)12(16)17)14-5-4-13-3-1-2-8(13)7-14/h8-10H,1-7H2,(H,16,17)/t8?,9-,10+/m1/s1. The maximum absolute atomic E-state index is 12.1. The predicted molar refractivity (Wildman–Crippen MR) is 60.4 cm³/mol. The van der Waals surface area contributed by atoms with Gasteiger partial charge in [-0.2, -0.15) is 0 Å². The van der Waals surface area contributed by atoms with Crippen LogP contribution < -0.4 is 0 Å². The van der Waals surface area contributed by atoms with Crippen LogP contribution in [0.2, 0.25) is 0 Å². The maximum Gasteiger partial charge on any atom is 0.307 e. The Morgan fingerprint density at radius 2 is 1.94 bits per heavy atom. The molecular weight excluding hydrogens is 220 g/mol. The molecule has 3 fully saturated rings. The predicted octanol–water partition coefficient (Wildman–Crippen LogP) is 0.0137. The molecule has 1 saturated carbocycles. The third-order valence-electron chi connectivity index (χ3n) is 4.32. The lowest BCUT2D eigenvalue weighted by molar-refractivity contribution is -0.142. The number of carbonyl (C=O) groups excluding carboxylic acids is 1. The third-order valence-corrected chi connectivity index (χ3v) is 4.32. The number of rotatable bonds is 2. The lowest BCUT2D eigenvalue weighted by Gasteiger charge is -2.37. The summed E-state index contributed by atoms with van der Waals surface area (Å²) in [4.78, 5) is 27.2. The molecule has 2 saturated heterocycles. The number of fused-ring (bicyclic) bond motifs is 1. The summed E-state index contributed by atoms with van der Waals surface area (Å²) in [5, 5.41) is 8.84. The van der Waals surface area contributed by atoms with Crippen LogP contribution in [-0.2, 0) is 9.59 Å². The molecule has 5 nitrogen and oxygen atoms in total. The fraction of sp³-hybridized carbons (Fsp3) is 0.833. The quantitative estimate of drug-likeness (QED) is 0.736. The Labute approximate surface area is 100 Å². The van der Waals surface area contributed by atoms with E-state index in [1.807, 2.05) is 4.90 Å². The number of carboxylic acids is 1. The first-order valence-electron chi connectivity index (χ1n) is 6.42. The molecule has 1 unspecified atom stereocenters. The summed E-state index contributed by atoms with van der Waals surface area (Å²) in [5.74, 6) is -1.39. The van der Waals surface area contributed by atoms with Gasteiger partial charge in [0.2, 0.25) is 5.91 Å². The lowest BCUT2D eigenvalue weighted by Crippen LogP contribution is -2.52. The fourth-order valence-corrected chi connectivity index (χ4v) is 3.17. The summed E-state index contributed by atoms with van der Waals surface area (Å²) in [6.07, 6.45) is 2.95. The summed E-state index contributed by atoms with van der Waals surface area (Å²) in [6.45, 7) is 3.70. The molecule has 3 rings (SSSR count). The van der Waals surface area contributed by atoms with E-state index in [1.165, 1.54) is 12.8 Å². The molecule has 0 aromatic carbocycles. The molecule has 0 spiro atoms. The number of amides is 1. The second-order valence-electron chi connectivity index (χ2n) is 5.40. The summed E-state index contributed by atoms with van der Waals surface area (Å²) < 4.78 is 0. The zero-order chi connectivity index (χ0) is 12.0. The third kappa shape index (κ3) is 1.92. The van der Waals surface area contributed by atoms with Crippen molar-refractivity contribution < 1.29 is 14.7 Å². The highest BCUT2D eigenvalue weighted by Crippen LogP contribution is 2.40. The number of nitrogens with zero attached hydrogens (tertiary/aromatic N) is 2. The van der Waals surface area contributed by atoms with Crippen LogP contribution in [0, 0.1) is 11.8 Å². The molecule has 1 aliphatic carbocycles. The molecule has 0 aromatic heterocycles. The van der Waals surface area contributed by atoms with Gasteiger partial charge in [-0.1, -0.05) is 0 Å². The highest BCUT2D eigenvalue weighted by molar-refractivity contribution is 5.89. The zero-order valence-electron chi connectivity index (χ0n) is 9.84. The number of carbonyl (C=O) groups is 2. The Morgan fingerprint density at radius 1 is 1.12 bits per heavy atom. The molecule has 94 valence electrons. The highest BCUT2D eigenvalue weighted by Gasteiger charge is 2.50. The van der Waals surface area contributed by atoms with Crippen LogP contribution in [-0.4, -0.2) is 59.0 Å². The van der Waals surface area contributed by atoms with Crippen LogP contribution in [0.3, 0.4) is 0 Å². The number of hydrogen-bond donors (Lipinski definition) is 1. The van der Waals surface area contributed by atoms with Gasteiger partial charge in [0, 0.05) is 25.7 Å². The lowest BCUT2D eigenvalue weighted by atomic mass is 10.1. The van der Waals surface area contributed by atoms with E-state index in [0.717, 1.165) is 26.2 Å². The van der Waals surface area contributed by atoms with Gasteiger partial charge in [-0.15, -0.1) is 0 Å². The summed E-state index contributed by atoms with van der Waals surface area (Å²) in [7, 11) is 0. The first-order chi connectivity index (χ1) is 8.16. The van der Waals surface area contributed by atoms with Gasteiger partial charge in [0.1, 0.15) is 0 Å². The molecule has 2 aliphatic heterocycles. The van der Waals surface area contributed by atoms with Gasteiger partial charge in [0.05, 0.1) is 11.8 Å². The van der Waals surface area contributed by atoms with E-state index in [1.54, 1.807) is 0 Å². The average Bonchev–Trinajstić information content (AvgIpc) is 2.99. The Hall–Kier alpha value is -1.10. The summed E-state index contributed by atoms with van der Waals surface area (Å²) >= 11 is 0. The molecule has 0 aromatic rings. The summed E-state index contributed by atoms with van der Waals surface area (Å²) in [6, 6.07) is 0.523. The van der Waals surface area contributed by atoms with Crippen molar-refractivity contribution in [1.29, 1.82) is 0 Å². The van der Waals surface area contributed by atoms with Crippen LogP contribution in [0.15, 0.2) is 0 Å². The van der Waals surface area contributed by atoms with Gasteiger partial charge < -0.3 is 10.0 Å². The van der Waals surface area contributed by atoms with Crippen molar-refractivity contribution in [2.24, 2.45) is 11.8 Å². The molecule has 3 atom stereocenters. The van der Waals surface area contributed by atoms with Gasteiger partial charge in [0.15, 0.2) is 0 Å². The van der Waals surface area contributed by atoms with Crippen molar-refractivity contribution in [3.05, 3.63) is 0 Å². The van der Waals surface area contributed by atoms with E-state index in [9.17, 15) is 9.59 Å². The van der Waals surface area contributed by atoms with Crippen LogP contribution >= 0.6 is 0 Å². The monoisotopic (exact) mass is 238 g/mol. The van der Waals surface area contributed by atoms with Crippen LogP contribution in [0.5, 0.6) is 0 Å². The molecule has 0 bridgehead atoms. The molecule has 3 aliphatic rings. The van der Waals surface area contributed by atoms with Gasteiger partial charge in [-0.05, 0) is 25.8 Å². The van der Waals surface area contributed by atoms with Crippen molar-refractivity contribution in [3.63, 3.8) is 0 Å². The SMILES string of the molecule is O=C(O)[C@H]1C[C@H]1C(=O)N1CCN2CCCC2C1. The molecule has 17 heavy (non-hydrogen) atoms. The van der Waals surface area contributed by atoms with Crippen LogP contribution in [0.1, 0.15) is 19.3 Å². The smallest absolute Gasteiger partial charge is 0.307 e. The van der Waals surface area contributed by atoms with Crippen LogP contribution in [0.4, 0.5) is 0 Å². The molecule has 1 amide bonds. The molecule has 0 radical (unpaired) electrons. The first-order valence-corrected chi connectivity index (χ1v) is 6.42. The van der Waals surface area contributed by atoms with E-state index in [2.05, 4.69) is 4.90 Å². The summed E-state index contributed by atoms with van der Waals surface area (Å²) in [5.41, 5.74) is 0. The minimum absolute atomic E-state index is 0.0731. The molecule has 1 N–H and O–H groups in total. The van der Waals surface area contributed by atoms with Gasteiger partial charge >= 0.3 is 5.97 Å². The Kier molecular flexibility index (Phi) is 2.58. The molecule has 2 heterocycles. The second-order valence-corrected chi connectivity index (χ2v) is 5.40. The van der Waals surface area contributed by atoms with Crippen molar-refractivity contribution in [1.82, 2.24) is 9.80 Å². The maximum atomic E-state index is 12.1. The van der Waals surface area contributed by atoms with E-state index < -0.39 is 11.9 Å². The van der Waals surface area contributed by atoms with Crippen molar-refractivity contribution in [2.45, 2.75) is 25.3 Å². The fourth-order valence-electron chi connectivity index (χ4n) is 3.17. The number of piperazine rings is 1. The second kappa shape index (κ2) is 3.98. The van der Waals surface area contributed by atoms with Gasteiger partial charge in [0.25, 0.3) is 0 Å². The number of hydrogen-bond acceptors (Lipinski definition) is 3. The van der Waals surface area contributed by atoms with Gasteiger partial charge in [-0.25, -0.2) is 0 Å². The minimum Gasteiger partial charge on any atom is -0.481 e. The van der Waals surface area contributed by atoms with E-state index in [0.29, 0.717) is 12.5 Å². The number of carboxylic acid groups (broad SMARTS) is 1. The number of aliphatic carboxylic acids is 1. The Morgan fingerprint density at radius 3 is 2.65 bits per heavy atom. The normalized spacial score (nSPS) is 36.7. The molecule has 5 heteroatoms. The van der Waals surface area contributed by atoms with E-state index in [4.69, 9.17) is 5.11 Å². The Balaban J connectivity index is 1.58.